The summed E-state index contributed by atoms with van der Waals surface area (Å²) in [5.41, 5.74) is 3.74. The second-order valence-electron chi connectivity index (χ2n) is 7.68. The number of nitrogens with one attached hydrogen (secondary N) is 1. The average Bonchev–Trinajstić information content (AvgIpc) is 3.05. The van der Waals surface area contributed by atoms with E-state index in [4.69, 9.17) is 4.74 Å². The lowest BCUT2D eigenvalue weighted by molar-refractivity contribution is -0.112. The van der Waals surface area contributed by atoms with Gasteiger partial charge in [0, 0.05) is 42.8 Å². The molecule has 1 aromatic carbocycles. The first-order chi connectivity index (χ1) is 15.3. The van der Waals surface area contributed by atoms with Gasteiger partial charge >= 0.3 is 0 Å². The molecular weight excluding hydrogens is 404 g/mol. The average molecular weight is 437 g/mol. The molecule has 170 valence electrons. The number of hydrogen-bond acceptors (Lipinski definition) is 4. The third-order valence-corrected chi connectivity index (χ3v) is 5.46. The molecule has 0 radical (unpaired) electrons. The molecule has 0 bridgehead atoms. The van der Waals surface area contributed by atoms with Gasteiger partial charge in [0.05, 0.1) is 12.6 Å². The molecule has 0 unspecified atom stereocenters. The van der Waals surface area contributed by atoms with E-state index in [-0.39, 0.29) is 17.5 Å². The highest BCUT2D eigenvalue weighted by atomic mass is 16.5. The maximum Gasteiger partial charge on any atom is 0.266 e. The van der Waals surface area contributed by atoms with Crippen LogP contribution in [0, 0.1) is 25.2 Å². The zero-order chi connectivity index (χ0) is 23.8. The first-order valence-corrected chi connectivity index (χ1v) is 10.8. The molecule has 0 aliphatic heterocycles. The van der Waals surface area contributed by atoms with Crippen molar-refractivity contribution in [2.75, 3.05) is 32.1 Å². The summed E-state index contributed by atoms with van der Waals surface area (Å²) in [5, 5.41) is 12.3. The zero-order valence-corrected chi connectivity index (χ0v) is 19.7. The van der Waals surface area contributed by atoms with E-state index in [2.05, 4.69) is 16.8 Å². The molecule has 2 rings (SSSR count). The van der Waals surface area contributed by atoms with Crippen molar-refractivity contribution in [3.05, 3.63) is 58.4 Å². The molecular formula is C25H32N4O3. The fraction of sp³-hybridized carbons (Fsp3) is 0.400. The predicted molar refractivity (Wildman–Crippen MR) is 126 cm³/mol. The van der Waals surface area contributed by atoms with Crippen molar-refractivity contribution in [3.8, 4) is 6.07 Å². The van der Waals surface area contributed by atoms with E-state index in [0.29, 0.717) is 30.9 Å². The van der Waals surface area contributed by atoms with Gasteiger partial charge < -0.3 is 19.5 Å². The molecule has 1 aromatic heterocycles. The Labute approximate surface area is 190 Å². The number of anilines is 1. The number of methoxy groups -OCH3 is 1. The van der Waals surface area contributed by atoms with Crippen LogP contribution in [0.25, 0.3) is 6.08 Å². The Morgan fingerprint density at radius 1 is 1.25 bits per heavy atom. The van der Waals surface area contributed by atoms with Crippen LogP contribution in [0.15, 0.2) is 35.9 Å². The van der Waals surface area contributed by atoms with Crippen LogP contribution < -0.4 is 5.32 Å². The second-order valence-corrected chi connectivity index (χ2v) is 7.68. The standard InChI is InChI=1S/C25H32N4O3/c1-7-28(8-2)25(31)20-10-9-11-23(14-20)27-24(30)22(15-26)13-21-12-17(3)29(19(21)5)18(4)16-32-6/h9-14,18H,7-8,16H2,1-6H3,(H,27,30)/b22-13+/t18-/m1/s1. The van der Waals surface area contributed by atoms with Crippen molar-refractivity contribution in [2.45, 2.75) is 40.7 Å². The second kappa shape index (κ2) is 11.3. The number of benzene rings is 1. The Kier molecular flexibility index (Phi) is 8.80. The van der Waals surface area contributed by atoms with Crippen LogP contribution in [-0.2, 0) is 9.53 Å². The lowest BCUT2D eigenvalue weighted by Crippen LogP contribution is -2.30. The number of nitrogens with zero attached hydrogens (tertiary/aromatic N) is 3. The van der Waals surface area contributed by atoms with Crippen LogP contribution >= 0.6 is 0 Å². The molecule has 2 aromatic rings. The number of hydrogen-bond donors (Lipinski definition) is 1. The van der Waals surface area contributed by atoms with Crippen LogP contribution in [0.2, 0.25) is 0 Å². The number of ether oxygens (including phenoxy) is 1. The van der Waals surface area contributed by atoms with Gasteiger partial charge in [0.2, 0.25) is 0 Å². The Hall–Kier alpha value is -3.37. The molecule has 7 nitrogen and oxygen atoms in total. The van der Waals surface area contributed by atoms with Crippen molar-refractivity contribution >= 4 is 23.6 Å². The van der Waals surface area contributed by atoms with Gasteiger partial charge in [-0.05, 0) is 70.5 Å². The first-order valence-electron chi connectivity index (χ1n) is 10.8. The summed E-state index contributed by atoms with van der Waals surface area (Å²) in [6.07, 6.45) is 1.60. The SMILES string of the molecule is CCN(CC)C(=O)c1cccc(NC(=O)/C(C#N)=C/c2cc(C)n([C@H](C)COC)c2C)c1. The number of carbonyl (C=O) groups excluding carboxylic acids is 2. The monoisotopic (exact) mass is 436 g/mol. The number of nitriles is 1. The highest BCUT2D eigenvalue weighted by Crippen LogP contribution is 2.23. The van der Waals surface area contributed by atoms with E-state index >= 15 is 0 Å². The van der Waals surface area contributed by atoms with E-state index in [9.17, 15) is 14.9 Å². The molecule has 0 aliphatic carbocycles. The van der Waals surface area contributed by atoms with Gasteiger partial charge in [-0.1, -0.05) is 6.07 Å². The molecule has 1 heterocycles. The molecule has 32 heavy (non-hydrogen) atoms. The zero-order valence-electron chi connectivity index (χ0n) is 19.7. The molecule has 1 atom stereocenters. The highest BCUT2D eigenvalue weighted by molar-refractivity contribution is 6.10. The lowest BCUT2D eigenvalue weighted by atomic mass is 10.1. The normalized spacial score (nSPS) is 12.2. The summed E-state index contributed by atoms with van der Waals surface area (Å²) in [6, 6.07) is 10.8. The Morgan fingerprint density at radius 2 is 1.94 bits per heavy atom. The summed E-state index contributed by atoms with van der Waals surface area (Å²) >= 11 is 0. The minimum atomic E-state index is -0.519. The Morgan fingerprint density at radius 3 is 2.53 bits per heavy atom. The van der Waals surface area contributed by atoms with Gasteiger partial charge in [0.15, 0.2) is 0 Å². The molecule has 7 heteroatoms. The maximum absolute atomic E-state index is 12.8. The van der Waals surface area contributed by atoms with Crippen LogP contribution in [-0.4, -0.2) is 48.1 Å². The number of aryl methyl sites for hydroxylation is 1. The Bertz CT molecular complexity index is 1040. The van der Waals surface area contributed by atoms with E-state index in [1.165, 1.54) is 0 Å². The van der Waals surface area contributed by atoms with Gasteiger partial charge in [-0.2, -0.15) is 5.26 Å². The maximum atomic E-state index is 12.8. The van der Waals surface area contributed by atoms with Crippen LogP contribution in [0.5, 0.6) is 0 Å². The van der Waals surface area contributed by atoms with Crippen molar-refractivity contribution in [2.24, 2.45) is 0 Å². The van der Waals surface area contributed by atoms with E-state index in [1.807, 2.05) is 39.8 Å². The van der Waals surface area contributed by atoms with Crippen LogP contribution in [0.4, 0.5) is 5.69 Å². The molecule has 0 saturated carbocycles. The summed E-state index contributed by atoms with van der Waals surface area (Å²) in [7, 11) is 1.66. The lowest BCUT2D eigenvalue weighted by Gasteiger charge is -2.19. The third kappa shape index (κ3) is 5.65. The highest BCUT2D eigenvalue weighted by Gasteiger charge is 2.17. The summed E-state index contributed by atoms with van der Waals surface area (Å²) in [4.78, 5) is 27.1. The smallest absolute Gasteiger partial charge is 0.266 e. The van der Waals surface area contributed by atoms with Crippen molar-refractivity contribution in [1.82, 2.24) is 9.47 Å². The third-order valence-electron chi connectivity index (χ3n) is 5.46. The van der Waals surface area contributed by atoms with Gasteiger partial charge in [-0.15, -0.1) is 0 Å². The summed E-state index contributed by atoms with van der Waals surface area (Å²) in [6.45, 7) is 11.6. The van der Waals surface area contributed by atoms with E-state index in [0.717, 1.165) is 17.0 Å². The molecule has 0 spiro atoms. The van der Waals surface area contributed by atoms with Crippen LogP contribution in [0.1, 0.15) is 54.1 Å². The number of carbonyl (C=O) groups is 2. The molecule has 1 N–H and O–H groups in total. The van der Waals surface area contributed by atoms with Crippen molar-refractivity contribution < 1.29 is 14.3 Å². The fourth-order valence-electron chi connectivity index (χ4n) is 3.87. The molecule has 0 aliphatic rings. The predicted octanol–water partition coefficient (Wildman–Crippen LogP) is 4.34. The number of amides is 2. The van der Waals surface area contributed by atoms with Gasteiger partial charge in [0.1, 0.15) is 11.6 Å². The summed E-state index contributed by atoms with van der Waals surface area (Å²) in [5.74, 6) is -0.616. The number of rotatable bonds is 9. The van der Waals surface area contributed by atoms with Crippen molar-refractivity contribution in [3.63, 3.8) is 0 Å². The van der Waals surface area contributed by atoms with Gasteiger partial charge in [-0.3, -0.25) is 9.59 Å². The largest absolute Gasteiger partial charge is 0.383 e. The minimum Gasteiger partial charge on any atom is -0.383 e. The molecule has 2 amide bonds. The fourth-order valence-corrected chi connectivity index (χ4v) is 3.87. The van der Waals surface area contributed by atoms with Gasteiger partial charge in [0.25, 0.3) is 11.8 Å². The minimum absolute atomic E-state index is 0.00915. The Balaban J connectivity index is 2.27. The van der Waals surface area contributed by atoms with Crippen LogP contribution in [0.3, 0.4) is 0 Å². The molecule has 0 fully saturated rings. The summed E-state index contributed by atoms with van der Waals surface area (Å²) < 4.78 is 7.39. The van der Waals surface area contributed by atoms with Crippen molar-refractivity contribution in [1.29, 1.82) is 5.26 Å². The quantitative estimate of drug-likeness (QED) is 0.468. The number of aromatic nitrogens is 1. The van der Waals surface area contributed by atoms with Gasteiger partial charge in [-0.25, -0.2) is 0 Å². The van der Waals surface area contributed by atoms with E-state index in [1.54, 1.807) is 42.4 Å². The molecule has 0 saturated heterocycles. The van der Waals surface area contributed by atoms with E-state index < -0.39 is 5.91 Å². The first kappa shape index (κ1) is 24.9. The topological polar surface area (TPSA) is 87.4 Å².